The highest BCUT2D eigenvalue weighted by atomic mass is 79.9. The predicted octanol–water partition coefficient (Wildman–Crippen LogP) is 3.86. The molecule has 1 N–H and O–H groups in total. The number of benzene rings is 1. The Morgan fingerprint density at radius 3 is 2.84 bits per heavy atom. The van der Waals surface area contributed by atoms with Gasteiger partial charge in [0.15, 0.2) is 0 Å². The van der Waals surface area contributed by atoms with E-state index in [1.54, 1.807) is 19.2 Å². The van der Waals surface area contributed by atoms with Crippen LogP contribution >= 0.6 is 15.9 Å². The van der Waals surface area contributed by atoms with Crippen LogP contribution < -0.4 is 5.32 Å². The maximum atomic E-state index is 13.7. The van der Waals surface area contributed by atoms with Crippen molar-refractivity contribution in [3.05, 3.63) is 39.6 Å². The number of nitrogens with one attached hydrogen (secondary N) is 1. The van der Waals surface area contributed by atoms with Crippen LogP contribution in [0.1, 0.15) is 19.4 Å². The van der Waals surface area contributed by atoms with E-state index in [0.717, 1.165) is 17.6 Å². The molecule has 1 aromatic carbocycles. The lowest BCUT2D eigenvalue weighted by atomic mass is 10.00. The van der Waals surface area contributed by atoms with Crippen LogP contribution in [0.4, 0.5) is 4.39 Å². The van der Waals surface area contributed by atoms with E-state index >= 15 is 0 Å². The molecule has 19 heavy (non-hydrogen) atoms. The minimum atomic E-state index is -0.196. The third-order valence-electron chi connectivity index (χ3n) is 2.85. The third-order valence-corrected chi connectivity index (χ3v) is 3.35. The van der Waals surface area contributed by atoms with Gasteiger partial charge in [-0.15, -0.1) is 0 Å². The van der Waals surface area contributed by atoms with E-state index in [1.807, 2.05) is 6.08 Å². The monoisotopic (exact) mass is 329 g/mol. The van der Waals surface area contributed by atoms with Gasteiger partial charge < -0.3 is 10.1 Å². The zero-order valence-electron chi connectivity index (χ0n) is 11.7. The molecule has 0 fully saturated rings. The third kappa shape index (κ3) is 5.85. The summed E-state index contributed by atoms with van der Waals surface area (Å²) in [5.74, 6) is 0.173. The molecule has 0 aromatic heterocycles. The average molecular weight is 330 g/mol. The maximum Gasteiger partial charge on any atom is 0.130 e. The average Bonchev–Trinajstić information content (AvgIpc) is 2.37. The van der Waals surface area contributed by atoms with Gasteiger partial charge in [0, 0.05) is 30.2 Å². The topological polar surface area (TPSA) is 21.3 Å². The van der Waals surface area contributed by atoms with Crippen LogP contribution in [0.3, 0.4) is 0 Å². The van der Waals surface area contributed by atoms with E-state index in [2.05, 4.69) is 35.1 Å². The van der Waals surface area contributed by atoms with Crippen molar-refractivity contribution < 1.29 is 9.13 Å². The minimum absolute atomic E-state index is 0.196. The van der Waals surface area contributed by atoms with Crippen molar-refractivity contribution in [1.82, 2.24) is 5.32 Å². The Labute approximate surface area is 123 Å². The van der Waals surface area contributed by atoms with E-state index in [-0.39, 0.29) is 5.82 Å². The number of hydrogen-bond acceptors (Lipinski definition) is 2. The highest BCUT2D eigenvalue weighted by Crippen LogP contribution is 2.20. The van der Waals surface area contributed by atoms with Crippen LogP contribution in [0.2, 0.25) is 0 Å². The normalized spacial score (nSPS) is 12.2. The Kier molecular flexibility index (Phi) is 7.28. The largest absolute Gasteiger partial charge is 0.383 e. The summed E-state index contributed by atoms with van der Waals surface area (Å²) in [6.45, 7) is 6.44. The molecule has 106 valence electrons. The maximum absolute atomic E-state index is 13.7. The molecule has 1 aromatic rings. The van der Waals surface area contributed by atoms with Gasteiger partial charge in [0.25, 0.3) is 0 Å². The second-order valence-corrected chi connectivity index (χ2v) is 5.63. The summed E-state index contributed by atoms with van der Waals surface area (Å²) in [7, 11) is 1.68. The summed E-state index contributed by atoms with van der Waals surface area (Å²) in [6, 6.07) is 4.98. The molecule has 0 spiro atoms. The number of halogens is 2. The molecule has 0 amide bonds. The van der Waals surface area contributed by atoms with Crippen molar-refractivity contribution >= 4 is 22.0 Å². The SMILES string of the molecule is COCCNCC(=Cc1cc(Br)ccc1F)C(C)C. The first kappa shape index (κ1) is 16.3. The fourth-order valence-corrected chi connectivity index (χ4v) is 2.03. The van der Waals surface area contributed by atoms with E-state index < -0.39 is 0 Å². The second-order valence-electron chi connectivity index (χ2n) is 4.71. The summed E-state index contributed by atoms with van der Waals surface area (Å²) >= 11 is 3.37. The second kappa shape index (κ2) is 8.46. The molecule has 0 saturated carbocycles. The standard InChI is InChI=1S/C15H21BrFNO/c1-11(2)13(10-18-6-7-19-3)8-12-9-14(16)4-5-15(12)17/h4-5,8-9,11,18H,6-7,10H2,1-3H3. The molecular formula is C15H21BrFNO. The summed E-state index contributed by atoms with van der Waals surface area (Å²) < 4.78 is 19.6. The molecule has 0 bridgehead atoms. The molecule has 4 heteroatoms. The van der Waals surface area contributed by atoms with Crippen molar-refractivity contribution in [2.24, 2.45) is 5.92 Å². The highest BCUT2D eigenvalue weighted by molar-refractivity contribution is 9.10. The van der Waals surface area contributed by atoms with Crippen molar-refractivity contribution in [1.29, 1.82) is 0 Å². The van der Waals surface area contributed by atoms with Gasteiger partial charge in [-0.25, -0.2) is 4.39 Å². The first-order valence-corrected chi connectivity index (χ1v) is 7.19. The van der Waals surface area contributed by atoms with Gasteiger partial charge >= 0.3 is 0 Å². The fraction of sp³-hybridized carbons (Fsp3) is 0.467. The molecule has 0 saturated heterocycles. The molecule has 0 aliphatic rings. The van der Waals surface area contributed by atoms with Gasteiger partial charge in [-0.2, -0.15) is 0 Å². The summed E-state index contributed by atoms with van der Waals surface area (Å²) in [5.41, 5.74) is 1.79. The molecule has 0 unspecified atom stereocenters. The Morgan fingerprint density at radius 2 is 2.21 bits per heavy atom. The van der Waals surface area contributed by atoms with E-state index in [9.17, 15) is 4.39 Å². The number of methoxy groups -OCH3 is 1. The first-order valence-electron chi connectivity index (χ1n) is 6.39. The lowest BCUT2D eigenvalue weighted by molar-refractivity contribution is 0.200. The van der Waals surface area contributed by atoms with Crippen molar-refractivity contribution in [3.63, 3.8) is 0 Å². The molecular weight excluding hydrogens is 309 g/mol. The van der Waals surface area contributed by atoms with E-state index in [0.29, 0.717) is 18.1 Å². The van der Waals surface area contributed by atoms with E-state index in [1.165, 1.54) is 11.6 Å². The molecule has 1 rings (SSSR count). The molecule has 2 nitrogen and oxygen atoms in total. The van der Waals surface area contributed by atoms with Gasteiger partial charge in [0.05, 0.1) is 6.61 Å². The molecule has 0 radical (unpaired) electrons. The Hall–Kier alpha value is -0.710. The van der Waals surface area contributed by atoms with Crippen LogP contribution in [-0.4, -0.2) is 26.8 Å². The van der Waals surface area contributed by atoms with Crippen LogP contribution in [0.15, 0.2) is 28.2 Å². The van der Waals surface area contributed by atoms with Gasteiger partial charge in [-0.1, -0.05) is 41.4 Å². The first-order chi connectivity index (χ1) is 9.04. The van der Waals surface area contributed by atoms with Crippen molar-refractivity contribution in [3.8, 4) is 0 Å². The van der Waals surface area contributed by atoms with Gasteiger partial charge in [0.1, 0.15) is 5.82 Å². The fourth-order valence-electron chi connectivity index (χ4n) is 1.65. The van der Waals surface area contributed by atoms with Gasteiger partial charge in [-0.3, -0.25) is 0 Å². The number of hydrogen-bond donors (Lipinski definition) is 1. The van der Waals surface area contributed by atoms with Gasteiger partial charge in [0.2, 0.25) is 0 Å². The quantitative estimate of drug-likeness (QED) is 0.767. The molecule has 0 aliphatic carbocycles. The summed E-state index contributed by atoms with van der Waals surface area (Å²) in [5, 5.41) is 3.29. The van der Waals surface area contributed by atoms with Crippen LogP contribution in [0, 0.1) is 11.7 Å². The summed E-state index contributed by atoms with van der Waals surface area (Å²) in [6.07, 6.45) is 1.92. The van der Waals surface area contributed by atoms with Crippen LogP contribution in [0.5, 0.6) is 0 Å². The molecule has 0 aliphatic heterocycles. The molecule has 0 heterocycles. The lowest BCUT2D eigenvalue weighted by Crippen LogP contribution is -2.23. The summed E-state index contributed by atoms with van der Waals surface area (Å²) in [4.78, 5) is 0. The molecule has 0 atom stereocenters. The zero-order valence-corrected chi connectivity index (χ0v) is 13.3. The van der Waals surface area contributed by atoms with E-state index in [4.69, 9.17) is 4.74 Å². The highest BCUT2D eigenvalue weighted by Gasteiger charge is 2.06. The Morgan fingerprint density at radius 1 is 1.47 bits per heavy atom. The van der Waals surface area contributed by atoms with Crippen molar-refractivity contribution in [2.75, 3.05) is 26.8 Å². The van der Waals surface area contributed by atoms with Crippen LogP contribution in [0.25, 0.3) is 6.08 Å². The Bertz CT molecular complexity index is 432. The number of rotatable bonds is 7. The predicted molar refractivity (Wildman–Crippen MR) is 81.7 cm³/mol. The Balaban J connectivity index is 2.79. The lowest BCUT2D eigenvalue weighted by Gasteiger charge is -2.13. The smallest absolute Gasteiger partial charge is 0.130 e. The van der Waals surface area contributed by atoms with Crippen LogP contribution in [-0.2, 0) is 4.74 Å². The van der Waals surface area contributed by atoms with Crippen molar-refractivity contribution in [2.45, 2.75) is 13.8 Å². The zero-order chi connectivity index (χ0) is 14.3. The minimum Gasteiger partial charge on any atom is -0.383 e. The number of ether oxygens (including phenoxy) is 1. The van der Waals surface area contributed by atoms with Gasteiger partial charge in [-0.05, 0) is 24.1 Å².